The van der Waals surface area contributed by atoms with Gasteiger partial charge in [-0.25, -0.2) is 4.39 Å². The third kappa shape index (κ3) is 2.60. The van der Waals surface area contributed by atoms with Crippen LogP contribution in [0.1, 0.15) is 17.2 Å². The molecular weight excluding hydrogens is 221 g/mol. The van der Waals surface area contributed by atoms with Gasteiger partial charge in [0.15, 0.2) is 0 Å². The molecule has 0 aliphatic rings. The first kappa shape index (κ1) is 11.5. The van der Waals surface area contributed by atoms with Crippen LogP contribution >= 0.6 is 0 Å². The van der Waals surface area contributed by atoms with Crippen LogP contribution in [0.15, 0.2) is 42.7 Å². The molecule has 0 aliphatic heterocycles. The van der Waals surface area contributed by atoms with Crippen LogP contribution in [-0.2, 0) is 0 Å². The highest BCUT2D eigenvalue weighted by Crippen LogP contribution is 2.23. The summed E-state index contributed by atoms with van der Waals surface area (Å²) in [6, 6.07) is 8.21. The van der Waals surface area contributed by atoms with Gasteiger partial charge in [-0.2, -0.15) is 0 Å². The van der Waals surface area contributed by atoms with E-state index in [1.165, 1.54) is 12.3 Å². The fraction of sp³-hybridized carbons (Fsp3) is 0.154. The molecule has 0 saturated carbocycles. The van der Waals surface area contributed by atoms with Crippen molar-refractivity contribution in [2.24, 2.45) is 0 Å². The number of aliphatic hydroxyl groups is 1. The maximum Gasteiger partial charge on any atom is 0.141 e. The molecule has 1 aromatic carbocycles. The molecule has 0 aliphatic carbocycles. The molecule has 3 nitrogen and oxygen atoms in total. The molecule has 88 valence electrons. The number of rotatable bonds is 3. The van der Waals surface area contributed by atoms with Crippen molar-refractivity contribution in [2.45, 2.75) is 6.10 Å². The second-order valence-electron chi connectivity index (χ2n) is 3.61. The zero-order chi connectivity index (χ0) is 12.3. The molecule has 1 aromatic heterocycles. The van der Waals surface area contributed by atoms with Gasteiger partial charge in [-0.1, -0.05) is 12.1 Å². The van der Waals surface area contributed by atoms with Crippen LogP contribution in [0.3, 0.4) is 0 Å². The first-order chi connectivity index (χ1) is 8.20. The average Bonchev–Trinajstić information content (AvgIpc) is 2.38. The minimum Gasteiger partial charge on any atom is -0.497 e. The minimum absolute atomic E-state index is 0.426. The largest absolute Gasteiger partial charge is 0.497 e. The number of ether oxygens (including phenoxy) is 1. The van der Waals surface area contributed by atoms with E-state index >= 15 is 0 Å². The monoisotopic (exact) mass is 233 g/mol. The van der Waals surface area contributed by atoms with Crippen molar-refractivity contribution in [3.8, 4) is 5.75 Å². The molecular formula is C13H12FNO2. The lowest BCUT2D eigenvalue weighted by Gasteiger charge is -2.11. The number of hydrogen-bond acceptors (Lipinski definition) is 3. The Morgan fingerprint density at radius 2 is 1.88 bits per heavy atom. The van der Waals surface area contributed by atoms with Crippen molar-refractivity contribution in [1.29, 1.82) is 0 Å². The number of pyridine rings is 1. The van der Waals surface area contributed by atoms with Crippen LogP contribution in [0.2, 0.25) is 0 Å². The average molecular weight is 233 g/mol. The van der Waals surface area contributed by atoms with Gasteiger partial charge in [0.1, 0.15) is 17.7 Å². The van der Waals surface area contributed by atoms with E-state index in [-0.39, 0.29) is 0 Å². The van der Waals surface area contributed by atoms with E-state index in [0.29, 0.717) is 16.9 Å². The Kier molecular flexibility index (Phi) is 3.35. The molecule has 2 aromatic rings. The Morgan fingerprint density at radius 3 is 2.47 bits per heavy atom. The highest BCUT2D eigenvalue weighted by atomic mass is 19.1. The van der Waals surface area contributed by atoms with E-state index in [1.807, 2.05) is 0 Å². The number of aliphatic hydroxyl groups excluding tert-OH is 1. The molecule has 1 heterocycles. The van der Waals surface area contributed by atoms with E-state index in [4.69, 9.17) is 4.74 Å². The lowest BCUT2D eigenvalue weighted by molar-refractivity contribution is 0.219. The molecule has 17 heavy (non-hydrogen) atoms. The smallest absolute Gasteiger partial charge is 0.141 e. The summed E-state index contributed by atoms with van der Waals surface area (Å²) in [5.74, 6) is 0.244. The van der Waals surface area contributed by atoms with Gasteiger partial charge in [0.25, 0.3) is 0 Å². The minimum atomic E-state index is -0.885. The molecule has 0 bridgehead atoms. The number of hydrogen-bond donors (Lipinski definition) is 1. The van der Waals surface area contributed by atoms with Crippen LogP contribution < -0.4 is 4.74 Å². The van der Waals surface area contributed by atoms with Gasteiger partial charge in [0, 0.05) is 11.8 Å². The second-order valence-corrected chi connectivity index (χ2v) is 3.61. The zero-order valence-electron chi connectivity index (χ0n) is 9.30. The Morgan fingerprint density at radius 1 is 1.18 bits per heavy atom. The Balaban J connectivity index is 2.27. The molecule has 0 spiro atoms. The van der Waals surface area contributed by atoms with Gasteiger partial charge in [-0.15, -0.1) is 0 Å². The molecule has 0 amide bonds. The number of nitrogens with zero attached hydrogens (tertiary/aromatic N) is 1. The van der Waals surface area contributed by atoms with Crippen molar-refractivity contribution < 1.29 is 14.2 Å². The van der Waals surface area contributed by atoms with Gasteiger partial charge in [0.05, 0.1) is 13.3 Å². The molecule has 1 N–H and O–H groups in total. The highest BCUT2D eigenvalue weighted by molar-refractivity contribution is 5.33. The fourth-order valence-corrected chi connectivity index (χ4v) is 1.56. The lowest BCUT2D eigenvalue weighted by Crippen LogP contribution is -2.00. The summed E-state index contributed by atoms with van der Waals surface area (Å²) in [4.78, 5) is 3.70. The molecule has 4 heteroatoms. The molecule has 0 saturated heterocycles. The van der Waals surface area contributed by atoms with E-state index in [1.54, 1.807) is 31.4 Å². The van der Waals surface area contributed by atoms with Crippen LogP contribution in [0.5, 0.6) is 5.75 Å². The summed E-state index contributed by atoms with van der Waals surface area (Å²) in [6.07, 6.45) is 1.66. The first-order valence-corrected chi connectivity index (χ1v) is 5.13. The fourth-order valence-electron chi connectivity index (χ4n) is 1.56. The standard InChI is InChI=1S/C13H12FNO2/c1-17-12-4-2-9(3-5-12)13(16)10-6-11(14)8-15-7-10/h2-8,13,16H,1H3. The van der Waals surface area contributed by atoms with Gasteiger partial charge < -0.3 is 9.84 Å². The van der Waals surface area contributed by atoms with E-state index in [0.717, 1.165) is 6.20 Å². The summed E-state index contributed by atoms with van der Waals surface area (Å²) in [5.41, 5.74) is 1.09. The topological polar surface area (TPSA) is 42.4 Å². The summed E-state index contributed by atoms with van der Waals surface area (Å²) in [5, 5.41) is 10.0. The SMILES string of the molecule is COc1ccc(C(O)c2cncc(F)c2)cc1. The maximum absolute atomic E-state index is 13.0. The van der Waals surface area contributed by atoms with E-state index in [9.17, 15) is 9.50 Å². The maximum atomic E-state index is 13.0. The summed E-state index contributed by atoms with van der Waals surface area (Å²) < 4.78 is 18.0. The predicted molar refractivity (Wildman–Crippen MR) is 61.3 cm³/mol. The van der Waals surface area contributed by atoms with Crippen LogP contribution in [0, 0.1) is 5.82 Å². The van der Waals surface area contributed by atoms with Gasteiger partial charge in [-0.3, -0.25) is 4.98 Å². The number of methoxy groups -OCH3 is 1. The Hall–Kier alpha value is -1.94. The molecule has 0 radical (unpaired) electrons. The molecule has 2 rings (SSSR count). The number of aromatic nitrogens is 1. The second kappa shape index (κ2) is 4.93. The van der Waals surface area contributed by atoms with E-state index < -0.39 is 11.9 Å². The van der Waals surface area contributed by atoms with E-state index in [2.05, 4.69) is 4.98 Å². The van der Waals surface area contributed by atoms with Crippen molar-refractivity contribution in [2.75, 3.05) is 7.11 Å². The molecule has 1 unspecified atom stereocenters. The van der Waals surface area contributed by atoms with Gasteiger partial charge >= 0.3 is 0 Å². The number of benzene rings is 1. The summed E-state index contributed by atoms with van der Waals surface area (Å²) >= 11 is 0. The molecule has 1 atom stereocenters. The first-order valence-electron chi connectivity index (χ1n) is 5.13. The normalized spacial score (nSPS) is 12.2. The Labute approximate surface area is 98.5 Å². The van der Waals surface area contributed by atoms with Crippen molar-refractivity contribution in [1.82, 2.24) is 4.98 Å². The van der Waals surface area contributed by atoms with Crippen LogP contribution in [0.25, 0.3) is 0 Å². The van der Waals surface area contributed by atoms with Crippen LogP contribution in [-0.4, -0.2) is 17.2 Å². The third-order valence-electron chi connectivity index (χ3n) is 2.47. The summed E-state index contributed by atoms with van der Waals surface area (Å²) in [6.45, 7) is 0. The van der Waals surface area contributed by atoms with Crippen molar-refractivity contribution >= 4 is 0 Å². The van der Waals surface area contributed by atoms with Gasteiger partial charge in [0.2, 0.25) is 0 Å². The van der Waals surface area contributed by atoms with Crippen molar-refractivity contribution in [3.05, 3.63) is 59.7 Å². The quantitative estimate of drug-likeness (QED) is 0.884. The lowest BCUT2D eigenvalue weighted by atomic mass is 10.0. The molecule has 0 fully saturated rings. The Bertz CT molecular complexity index is 499. The van der Waals surface area contributed by atoms with Gasteiger partial charge in [-0.05, 0) is 23.8 Å². The third-order valence-corrected chi connectivity index (χ3v) is 2.47. The number of halogens is 1. The van der Waals surface area contributed by atoms with Crippen molar-refractivity contribution in [3.63, 3.8) is 0 Å². The summed E-state index contributed by atoms with van der Waals surface area (Å²) in [7, 11) is 1.57. The van der Waals surface area contributed by atoms with Crippen LogP contribution in [0.4, 0.5) is 4.39 Å². The predicted octanol–water partition coefficient (Wildman–Crippen LogP) is 2.31. The highest BCUT2D eigenvalue weighted by Gasteiger charge is 2.11. The zero-order valence-corrected chi connectivity index (χ0v) is 9.30.